The van der Waals surface area contributed by atoms with E-state index in [-0.39, 0.29) is 17.7 Å². The number of hydrogen-bond acceptors (Lipinski definition) is 8. The van der Waals surface area contributed by atoms with Crippen LogP contribution in [0.25, 0.3) is 0 Å². The first-order valence-corrected chi connectivity index (χ1v) is 8.87. The molecule has 0 spiro atoms. The number of furan rings is 1. The van der Waals surface area contributed by atoms with Gasteiger partial charge in [-0.2, -0.15) is 15.0 Å². The van der Waals surface area contributed by atoms with Gasteiger partial charge in [-0.1, -0.05) is 12.8 Å². The maximum Gasteiger partial charge on any atom is 0.322 e. The topological polar surface area (TPSA) is 105 Å². The predicted molar refractivity (Wildman–Crippen MR) is 96.6 cm³/mol. The molecule has 2 aromatic heterocycles. The number of ether oxygens (including phenoxy) is 1. The monoisotopic (exact) mass is 360 g/mol. The van der Waals surface area contributed by atoms with Crippen LogP contribution < -0.4 is 20.3 Å². The maximum atomic E-state index is 11.8. The highest BCUT2D eigenvalue weighted by Gasteiger charge is 2.16. The number of amides is 1. The number of rotatable bonds is 7. The van der Waals surface area contributed by atoms with Crippen LogP contribution in [0.5, 0.6) is 6.01 Å². The van der Waals surface area contributed by atoms with Crippen molar-refractivity contribution in [2.75, 3.05) is 43.5 Å². The van der Waals surface area contributed by atoms with E-state index in [1.807, 2.05) is 0 Å². The van der Waals surface area contributed by atoms with Crippen molar-refractivity contribution in [3.63, 3.8) is 0 Å². The summed E-state index contributed by atoms with van der Waals surface area (Å²) in [7, 11) is 1.54. The van der Waals surface area contributed by atoms with Gasteiger partial charge in [0.25, 0.3) is 5.91 Å². The minimum Gasteiger partial charge on any atom is -0.467 e. The van der Waals surface area contributed by atoms with Gasteiger partial charge in [-0.25, -0.2) is 0 Å². The summed E-state index contributed by atoms with van der Waals surface area (Å²) in [4.78, 5) is 27.1. The number of carbonyl (C=O) groups excluding carboxylic acids is 1. The Kier molecular flexibility index (Phi) is 6.24. The third-order valence-corrected chi connectivity index (χ3v) is 4.11. The molecule has 1 saturated heterocycles. The molecule has 0 aromatic carbocycles. The van der Waals surface area contributed by atoms with Crippen LogP contribution >= 0.6 is 0 Å². The average molecular weight is 360 g/mol. The van der Waals surface area contributed by atoms with E-state index in [0.717, 1.165) is 25.9 Å². The second-order valence-electron chi connectivity index (χ2n) is 6.01. The van der Waals surface area contributed by atoms with Crippen LogP contribution in [0.15, 0.2) is 22.8 Å². The van der Waals surface area contributed by atoms with Gasteiger partial charge in [0, 0.05) is 26.2 Å². The Labute approximate surface area is 152 Å². The zero-order chi connectivity index (χ0) is 18.2. The van der Waals surface area contributed by atoms with Crippen molar-refractivity contribution in [1.29, 1.82) is 0 Å². The molecule has 1 aliphatic rings. The number of anilines is 2. The average Bonchev–Trinajstić information content (AvgIpc) is 3.07. The molecule has 0 unspecified atom stereocenters. The Hall–Kier alpha value is -2.84. The summed E-state index contributed by atoms with van der Waals surface area (Å²) in [5.41, 5.74) is 0. The van der Waals surface area contributed by atoms with Crippen molar-refractivity contribution < 1.29 is 13.9 Å². The van der Waals surface area contributed by atoms with Crippen molar-refractivity contribution in [2.24, 2.45) is 0 Å². The maximum absolute atomic E-state index is 11.8. The smallest absolute Gasteiger partial charge is 0.322 e. The zero-order valence-corrected chi connectivity index (χ0v) is 14.9. The Balaban J connectivity index is 1.56. The second kappa shape index (κ2) is 9.02. The van der Waals surface area contributed by atoms with Crippen LogP contribution in [0.2, 0.25) is 0 Å². The summed E-state index contributed by atoms with van der Waals surface area (Å²) in [5, 5.41) is 5.86. The fourth-order valence-corrected chi connectivity index (χ4v) is 2.77. The molecule has 2 N–H and O–H groups in total. The van der Waals surface area contributed by atoms with E-state index in [1.54, 1.807) is 12.1 Å². The minimum absolute atomic E-state index is 0.254. The van der Waals surface area contributed by atoms with Gasteiger partial charge in [0.1, 0.15) is 0 Å². The highest BCUT2D eigenvalue weighted by Crippen LogP contribution is 2.18. The molecule has 9 nitrogen and oxygen atoms in total. The molecular weight excluding hydrogens is 336 g/mol. The number of methoxy groups -OCH3 is 1. The van der Waals surface area contributed by atoms with Gasteiger partial charge in [-0.05, 0) is 25.0 Å². The fraction of sp³-hybridized carbons (Fsp3) is 0.529. The number of nitrogens with zero attached hydrogens (tertiary/aromatic N) is 4. The van der Waals surface area contributed by atoms with E-state index in [0.29, 0.717) is 25.0 Å². The van der Waals surface area contributed by atoms with E-state index in [2.05, 4.69) is 30.5 Å². The molecule has 140 valence electrons. The molecule has 9 heteroatoms. The first-order chi connectivity index (χ1) is 12.8. The van der Waals surface area contributed by atoms with Gasteiger partial charge < -0.3 is 24.7 Å². The number of aromatic nitrogens is 3. The van der Waals surface area contributed by atoms with Crippen LogP contribution in [-0.4, -0.2) is 54.1 Å². The SMILES string of the molecule is COc1nc(NCCNC(=O)c2ccco2)nc(N2CCCCCC2)n1. The molecule has 1 aliphatic heterocycles. The lowest BCUT2D eigenvalue weighted by Gasteiger charge is -2.20. The summed E-state index contributed by atoms with van der Waals surface area (Å²) in [5.74, 6) is 1.09. The molecular formula is C17H24N6O3. The van der Waals surface area contributed by atoms with E-state index in [4.69, 9.17) is 9.15 Å². The number of carbonyl (C=O) groups is 1. The molecule has 0 radical (unpaired) electrons. The van der Waals surface area contributed by atoms with Gasteiger partial charge in [-0.3, -0.25) is 4.79 Å². The number of nitrogens with one attached hydrogen (secondary N) is 2. The van der Waals surface area contributed by atoms with Crippen LogP contribution in [0.3, 0.4) is 0 Å². The van der Waals surface area contributed by atoms with Gasteiger partial charge in [0.2, 0.25) is 11.9 Å². The zero-order valence-electron chi connectivity index (χ0n) is 14.9. The highest BCUT2D eigenvalue weighted by molar-refractivity contribution is 5.91. The molecule has 1 fully saturated rings. The largest absolute Gasteiger partial charge is 0.467 e. The molecule has 26 heavy (non-hydrogen) atoms. The normalized spacial score (nSPS) is 14.6. The quantitative estimate of drug-likeness (QED) is 0.719. The third-order valence-electron chi connectivity index (χ3n) is 4.11. The summed E-state index contributed by atoms with van der Waals surface area (Å²) in [6, 6.07) is 3.57. The van der Waals surface area contributed by atoms with Crippen LogP contribution in [0.4, 0.5) is 11.9 Å². The van der Waals surface area contributed by atoms with Gasteiger partial charge in [0.05, 0.1) is 13.4 Å². The molecule has 0 saturated carbocycles. The third kappa shape index (κ3) is 4.84. The molecule has 0 atom stereocenters. The lowest BCUT2D eigenvalue weighted by Crippen LogP contribution is -2.29. The van der Waals surface area contributed by atoms with E-state index in [9.17, 15) is 4.79 Å². The first-order valence-electron chi connectivity index (χ1n) is 8.87. The molecule has 1 amide bonds. The number of hydrogen-bond donors (Lipinski definition) is 2. The molecule has 3 rings (SSSR count). The van der Waals surface area contributed by atoms with E-state index in [1.165, 1.54) is 26.2 Å². The van der Waals surface area contributed by atoms with Gasteiger partial charge in [0.15, 0.2) is 5.76 Å². The molecule has 3 heterocycles. The van der Waals surface area contributed by atoms with Crippen molar-refractivity contribution in [1.82, 2.24) is 20.3 Å². The van der Waals surface area contributed by atoms with Crippen LogP contribution in [0, 0.1) is 0 Å². The van der Waals surface area contributed by atoms with Crippen molar-refractivity contribution >= 4 is 17.8 Å². The summed E-state index contributed by atoms with van der Waals surface area (Å²) >= 11 is 0. The highest BCUT2D eigenvalue weighted by atomic mass is 16.5. The Morgan fingerprint density at radius 2 is 2.00 bits per heavy atom. The van der Waals surface area contributed by atoms with Crippen LogP contribution in [0.1, 0.15) is 36.2 Å². The standard InChI is InChI=1S/C17H24N6O3/c1-25-17-21-15(19-9-8-18-14(24)13-7-6-12-26-13)20-16(22-17)23-10-4-2-3-5-11-23/h6-7,12H,2-5,8-11H2,1H3,(H,18,24)(H,19,20,21,22). The van der Waals surface area contributed by atoms with Gasteiger partial charge in [-0.15, -0.1) is 0 Å². The predicted octanol–water partition coefficient (Wildman–Crippen LogP) is 1.70. The molecule has 0 aliphatic carbocycles. The molecule has 2 aromatic rings. The van der Waals surface area contributed by atoms with Crippen molar-refractivity contribution in [3.8, 4) is 6.01 Å². The Bertz CT molecular complexity index is 699. The van der Waals surface area contributed by atoms with E-state index < -0.39 is 0 Å². The summed E-state index contributed by atoms with van der Waals surface area (Å²) in [6.45, 7) is 2.75. The minimum atomic E-state index is -0.254. The summed E-state index contributed by atoms with van der Waals surface area (Å²) in [6.07, 6.45) is 6.21. The van der Waals surface area contributed by atoms with Crippen LogP contribution in [-0.2, 0) is 0 Å². The summed E-state index contributed by atoms with van der Waals surface area (Å²) < 4.78 is 10.2. The lowest BCUT2D eigenvalue weighted by atomic mass is 10.2. The van der Waals surface area contributed by atoms with E-state index >= 15 is 0 Å². The second-order valence-corrected chi connectivity index (χ2v) is 6.01. The van der Waals surface area contributed by atoms with Crippen molar-refractivity contribution in [3.05, 3.63) is 24.2 Å². The Morgan fingerprint density at radius 3 is 2.69 bits per heavy atom. The Morgan fingerprint density at radius 1 is 1.19 bits per heavy atom. The molecule has 0 bridgehead atoms. The fourth-order valence-electron chi connectivity index (χ4n) is 2.77. The first kappa shape index (κ1) is 18.0. The lowest BCUT2D eigenvalue weighted by molar-refractivity contribution is 0.0927. The van der Waals surface area contributed by atoms with Gasteiger partial charge >= 0.3 is 6.01 Å². The van der Waals surface area contributed by atoms with Crippen molar-refractivity contribution in [2.45, 2.75) is 25.7 Å².